The fourth-order valence-electron chi connectivity index (χ4n) is 4.62. The van der Waals surface area contributed by atoms with Crippen molar-refractivity contribution in [3.05, 3.63) is 42.7 Å². The van der Waals surface area contributed by atoms with Gasteiger partial charge in [-0.15, -0.1) is 0 Å². The van der Waals surface area contributed by atoms with Gasteiger partial charge in [-0.2, -0.15) is 5.10 Å². The van der Waals surface area contributed by atoms with Crippen LogP contribution in [-0.4, -0.2) is 52.5 Å². The first-order valence-electron chi connectivity index (χ1n) is 11.6. The Morgan fingerprint density at radius 1 is 1.26 bits per heavy atom. The highest BCUT2D eigenvalue weighted by Gasteiger charge is 2.45. The van der Waals surface area contributed by atoms with Crippen LogP contribution in [0.5, 0.6) is 5.75 Å². The van der Waals surface area contributed by atoms with E-state index >= 15 is 0 Å². The Balaban J connectivity index is 1.52. The number of anilines is 3. The van der Waals surface area contributed by atoms with E-state index in [0.717, 1.165) is 36.5 Å². The Labute approximate surface area is 203 Å². The molecule has 1 saturated heterocycles. The number of hydrogen-bond donors (Lipinski definition) is 3. The summed E-state index contributed by atoms with van der Waals surface area (Å²) >= 11 is 0. The lowest BCUT2D eigenvalue weighted by molar-refractivity contribution is 0.0635. The first-order valence-corrected chi connectivity index (χ1v) is 11.6. The number of nitrogens with two attached hydrogens (primary N) is 2. The van der Waals surface area contributed by atoms with Crippen molar-refractivity contribution in [2.75, 3.05) is 36.1 Å². The first-order chi connectivity index (χ1) is 16.6. The van der Waals surface area contributed by atoms with Crippen LogP contribution < -0.4 is 26.4 Å². The number of amides is 1. The number of nitrogens with one attached hydrogen (secondary N) is 1. The molecule has 1 aliphatic carbocycles. The molecule has 3 heterocycles. The highest BCUT2D eigenvalue weighted by molar-refractivity contribution is 5.93. The second kappa shape index (κ2) is 8.16. The van der Waals surface area contributed by atoms with Crippen LogP contribution in [0.3, 0.4) is 0 Å². The number of ether oxygens (including phenoxy) is 2. The summed E-state index contributed by atoms with van der Waals surface area (Å²) in [5, 5.41) is 7.27. The molecule has 1 unspecified atom stereocenters. The molecule has 184 valence electrons. The predicted octanol–water partition coefficient (Wildman–Crippen LogP) is 3.43. The van der Waals surface area contributed by atoms with Gasteiger partial charge < -0.3 is 25.8 Å². The van der Waals surface area contributed by atoms with Gasteiger partial charge in [0.05, 0.1) is 12.8 Å². The quantitative estimate of drug-likeness (QED) is 0.487. The Morgan fingerprint density at radius 3 is 2.71 bits per heavy atom. The number of aromatic nitrogens is 3. The highest BCUT2D eigenvalue weighted by atomic mass is 16.6. The molecule has 0 bridgehead atoms. The summed E-state index contributed by atoms with van der Waals surface area (Å²) < 4.78 is 12.8. The van der Waals surface area contributed by atoms with Gasteiger partial charge in [0.25, 0.3) is 0 Å². The van der Waals surface area contributed by atoms with Crippen molar-refractivity contribution in [2.24, 2.45) is 11.1 Å². The molecular formula is C25H31N7O3. The lowest BCUT2D eigenvalue weighted by Crippen LogP contribution is -2.49. The molecule has 1 aliphatic heterocycles. The van der Waals surface area contributed by atoms with E-state index < -0.39 is 11.7 Å². The van der Waals surface area contributed by atoms with Crippen LogP contribution >= 0.6 is 0 Å². The van der Waals surface area contributed by atoms with Crippen molar-refractivity contribution < 1.29 is 14.3 Å². The number of fused-ring (bicyclic) bond motifs is 1. The standard InChI is InChI=1S/C25H31N7O3/c1-24(2,3)35-23(33)30-17-6-5-15(11-18(17)34-4)16-12-20(32-21(16)22(27)28-14-29-32)31-10-7-19(26)25(13-31)8-9-25/h5-6,8-9,11-12,14,19H,7,10,13,26H2,1-4H3,(H,30,33)(H2,27,28,29). The number of methoxy groups -OCH3 is 1. The Hall–Kier alpha value is -3.79. The number of carbonyl (C=O) groups is 1. The summed E-state index contributed by atoms with van der Waals surface area (Å²) in [7, 11) is 1.55. The maximum atomic E-state index is 12.3. The van der Waals surface area contributed by atoms with Crippen molar-refractivity contribution >= 4 is 28.9 Å². The molecule has 1 spiro atoms. The minimum atomic E-state index is -0.608. The topological polar surface area (TPSA) is 133 Å². The summed E-state index contributed by atoms with van der Waals surface area (Å²) in [6, 6.07) is 7.75. The van der Waals surface area contributed by atoms with Gasteiger partial charge in [0.15, 0.2) is 5.82 Å². The van der Waals surface area contributed by atoms with Gasteiger partial charge in [0.2, 0.25) is 0 Å². The maximum Gasteiger partial charge on any atom is 0.412 e. The SMILES string of the molecule is COc1cc(-c2cc(N3CCC(N)C4(C=C4)C3)n3ncnc(N)c23)ccc1NC(=O)OC(C)(C)C. The van der Waals surface area contributed by atoms with Crippen LogP contribution in [0.4, 0.5) is 22.1 Å². The molecule has 1 fully saturated rings. The number of hydrogen-bond acceptors (Lipinski definition) is 8. The molecule has 5 N–H and O–H groups in total. The van der Waals surface area contributed by atoms with E-state index in [2.05, 4.69) is 38.5 Å². The summed E-state index contributed by atoms with van der Waals surface area (Å²) in [5.74, 6) is 1.80. The lowest BCUT2D eigenvalue weighted by atomic mass is 9.87. The van der Waals surface area contributed by atoms with Gasteiger partial charge in [-0.25, -0.2) is 14.3 Å². The molecule has 1 atom stereocenters. The highest BCUT2D eigenvalue weighted by Crippen LogP contribution is 2.45. The van der Waals surface area contributed by atoms with E-state index in [-0.39, 0.29) is 11.5 Å². The summed E-state index contributed by atoms with van der Waals surface area (Å²) in [5.41, 5.74) is 15.0. The predicted molar refractivity (Wildman–Crippen MR) is 136 cm³/mol. The van der Waals surface area contributed by atoms with Gasteiger partial charge >= 0.3 is 6.09 Å². The zero-order chi connectivity index (χ0) is 25.0. The van der Waals surface area contributed by atoms with E-state index in [9.17, 15) is 4.79 Å². The van der Waals surface area contributed by atoms with Gasteiger partial charge in [-0.05, 0) is 51.0 Å². The van der Waals surface area contributed by atoms with E-state index in [4.69, 9.17) is 20.9 Å². The molecule has 1 aromatic carbocycles. The molecule has 1 amide bonds. The van der Waals surface area contributed by atoms with Crippen LogP contribution in [0.25, 0.3) is 16.6 Å². The Kier molecular flexibility index (Phi) is 5.36. The fourth-order valence-corrected chi connectivity index (χ4v) is 4.62. The van der Waals surface area contributed by atoms with Gasteiger partial charge in [0.1, 0.15) is 29.0 Å². The molecule has 2 aromatic heterocycles. The third-order valence-corrected chi connectivity index (χ3v) is 6.50. The van der Waals surface area contributed by atoms with Crippen LogP contribution in [0.15, 0.2) is 42.7 Å². The number of benzene rings is 1. The van der Waals surface area contributed by atoms with Gasteiger partial charge in [-0.1, -0.05) is 18.2 Å². The number of piperidine rings is 1. The molecule has 10 heteroatoms. The molecular weight excluding hydrogens is 446 g/mol. The minimum absolute atomic E-state index is 0.0423. The molecule has 10 nitrogen and oxygen atoms in total. The molecule has 3 aromatic rings. The van der Waals surface area contributed by atoms with Gasteiger partial charge in [-0.3, -0.25) is 5.32 Å². The van der Waals surface area contributed by atoms with E-state index in [1.807, 2.05) is 37.4 Å². The first kappa shape index (κ1) is 23.0. The Morgan fingerprint density at radius 2 is 2.03 bits per heavy atom. The number of nitrogen functional groups attached to an aromatic ring is 1. The van der Waals surface area contributed by atoms with E-state index in [1.54, 1.807) is 13.2 Å². The van der Waals surface area contributed by atoms with E-state index in [1.165, 1.54) is 6.33 Å². The van der Waals surface area contributed by atoms with Crippen LogP contribution in [0, 0.1) is 5.41 Å². The smallest absolute Gasteiger partial charge is 0.412 e. The Bertz CT molecular complexity index is 1320. The van der Waals surface area contributed by atoms with Crippen LogP contribution in [-0.2, 0) is 4.74 Å². The second-order valence-electron chi connectivity index (χ2n) is 10.1. The average molecular weight is 478 g/mol. The normalized spacial score (nSPS) is 18.7. The van der Waals surface area contributed by atoms with Crippen molar-refractivity contribution in [1.29, 1.82) is 0 Å². The largest absolute Gasteiger partial charge is 0.495 e. The molecule has 0 radical (unpaired) electrons. The van der Waals surface area contributed by atoms with Crippen LogP contribution in [0.2, 0.25) is 0 Å². The third kappa shape index (κ3) is 4.25. The summed E-state index contributed by atoms with van der Waals surface area (Å²) in [4.78, 5) is 18.8. The van der Waals surface area contributed by atoms with Crippen molar-refractivity contribution in [2.45, 2.75) is 38.8 Å². The number of nitrogens with zero attached hydrogens (tertiary/aromatic N) is 4. The zero-order valence-electron chi connectivity index (χ0n) is 20.4. The zero-order valence-corrected chi connectivity index (χ0v) is 20.4. The molecule has 35 heavy (non-hydrogen) atoms. The molecule has 0 saturated carbocycles. The van der Waals surface area contributed by atoms with Crippen molar-refractivity contribution in [1.82, 2.24) is 14.6 Å². The van der Waals surface area contributed by atoms with Crippen LogP contribution in [0.1, 0.15) is 27.2 Å². The van der Waals surface area contributed by atoms with Crippen molar-refractivity contribution in [3.8, 4) is 16.9 Å². The molecule has 2 aliphatic rings. The fraction of sp³-hybridized carbons (Fsp3) is 0.400. The lowest BCUT2D eigenvalue weighted by Gasteiger charge is -2.38. The monoisotopic (exact) mass is 477 g/mol. The number of rotatable bonds is 4. The average Bonchev–Trinajstić information content (AvgIpc) is 3.45. The second-order valence-corrected chi connectivity index (χ2v) is 10.1. The maximum absolute atomic E-state index is 12.3. The number of carbonyl (C=O) groups excluding carboxylic acids is 1. The minimum Gasteiger partial charge on any atom is -0.495 e. The van der Waals surface area contributed by atoms with Crippen molar-refractivity contribution in [3.63, 3.8) is 0 Å². The molecule has 5 rings (SSSR count). The third-order valence-electron chi connectivity index (χ3n) is 6.50. The summed E-state index contributed by atoms with van der Waals surface area (Å²) in [6.45, 7) is 7.05. The van der Waals surface area contributed by atoms with Gasteiger partial charge in [0, 0.05) is 30.1 Å². The van der Waals surface area contributed by atoms with E-state index in [0.29, 0.717) is 22.8 Å². The summed E-state index contributed by atoms with van der Waals surface area (Å²) in [6.07, 6.45) is 6.17.